The largest absolute Gasteiger partial charge is 0.490 e. The van der Waals surface area contributed by atoms with Gasteiger partial charge in [-0.2, -0.15) is 5.26 Å². The second-order valence-electron chi connectivity index (χ2n) is 6.68. The highest BCUT2D eigenvalue weighted by atomic mass is 32.1. The van der Waals surface area contributed by atoms with E-state index in [1.807, 2.05) is 6.92 Å². The van der Waals surface area contributed by atoms with Gasteiger partial charge >= 0.3 is 5.97 Å². The van der Waals surface area contributed by atoms with Gasteiger partial charge in [0.25, 0.3) is 0 Å². The summed E-state index contributed by atoms with van der Waals surface area (Å²) in [5.74, 6) is 0.188. The molecule has 132 valence electrons. The van der Waals surface area contributed by atoms with Gasteiger partial charge < -0.3 is 9.47 Å². The molecule has 2 unspecified atom stereocenters. The number of hydrogen-bond donors (Lipinski definition) is 0. The molecule has 0 amide bonds. The van der Waals surface area contributed by atoms with E-state index in [4.69, 9.17) is 9.47 Å². The van der Waals surface area contributed by atoms with E-state index in [0.29, 0.717) is 23.6 Å². The first kappa shape index (κ1) is 17.7. The fourth-order valence-corrected chi connectivity index (χ4v) is 4.21. The first-order valence-corrected chi connectivity index (χ1v) is 9.39. The van der Waals surface area contributed by atoms with Gasteiger partial charge in [-0.3, -0.25) is 0 Å². The standard InChI is InChI=1S/C19H22N2O3S/c1-5-19(4)9-13-7-12(8-14(10-20)15(13)24-19)17-21-11(3)16(25-17)18(22)23-6-2/h7,14H,5-6,8-9H2,1-4H3. The van der Waals surface area contributed by atoms with Crippen molar-refractivity contribution >= 4 is 22.9 Å². The van der Waals surface area contributed by atoms with Crippen molar-refractivity contribution in [2.75, 3.05) is 6.61 Å². The molecule has 0 N–H and O–H groups in total. The zero-order valence-corrected chi connectivity index (χ0v) is 15.8. The molecule has 2 heterocycles. The van der Waals surface area contributed by atoms with Crippen molar-refractivity contribution in [3.63, 3.8) is 0 Å². The van der Waals surface area contributed by atoms with Crippen LogP contribution >= 0.6 is 11.3 Å². The molecule has 0 saturated carbocycles. The second kappa shape index (κ2) is 6.64. The summed E-state index contributed by atoms with van der Waals surface area (Å²) in [6.45, 7) is 8.12. The molecule has 0 fully saturated rings. The van der Waals surface area contributed by atoms with Crippen LogP contribution in [-0.2, 0) is 9.47 Å². The van der Waals surface area contributed by atoms with E-state index in [2.05, 4.69) is 31.0 Å². The maximum Gasteiger partial charge on any atom is 0.350 e. The van der Waals surface area contributed by atoms with E-state index < -0.39 is 0 Å². The van der Waals surface area contributed by atoms with Crippen LogP contribution in [0.5, 0.6) is 0 Å². The number of ether oxygens (including phenoxy) is 2. The maximum atomic E-state index is 12.0. The first-order valence-electron chi connectivity index (χ1n) is 8.58. The Balaban J connectivity index is 1.94. The minimum Gasteiger partial charge on any atom is -0.490 e. The van der Waals surface area contributed by atoms with Crippen LogP contribution in [0.3, 0.4) is 0 Å². The Bertz CT molecular complexity index is 815. The van der Waals surface area contributed by atoms with E-state index in [-0.39, 0.29) is 17.5 Å². The Kier molecular flexibility index (Phi) is 4.70. The molecule has 1 aromatic rings. The molecular weight excluding hydrogens is 336 g/mol. The summed E-state index contributed by atoms with van der Waals surface area (Å²) >= 11 is 1.34. The van der Waals surface area contributed by atoms with Gasteiger partial charge in [0.2, 0.25) is 0 Å². The number of carbonyl (C=O) groups excluding carboxylic acids is 1. The number of hydrogen-bond acceptors (Lipinski definition) is 6. The smallest absolute Gasteiger partial charge is 0.350 e. The summed E-state index contributed by atoms with van der Waals surface area (Å²) in [6, 6.07) is 2.36. The van der Waals surface area contributed by atoms with E-state index in [0.717, 1.165) is 34.8 Å². The Morgan fingerprint density at radius 1 is 1.56 bits per heavy atom. The molecule has 0 aromatic carbocycles. The van der Waals surface area contributed by atoms with Crippen molar-refractivity contribution in [2.45, 2.75) is 52.6 Å². The summed E-state index contributed by atoms with van der Waals surface area (Å²) in [5.41, 5.74) is 2.52. The van der Waals surface area contributed by atoms with Gasteiger partial charge in [-0.25, -0.2) is 9.78 Å². The summed E-state index contributed by atoms with van der Waals surface area (Å²) in [7, 11) is 0. The molecule has 1 aliphatic carbocycles. The third kappa shape index (κ3) is 3.21. The Morgan fingerprint density at radius 2 is 2.32 bits per heavy atom. The molecule has 0 spiro atoms. The highest BCUT2D eigenvalue weighted by molar-refractivity contribution is 7.14. The normalized spacial score (nSPS) is 25.1. The van der Waals surface area contributed by atoms with Gasteiger partial charge in [-0.1, -0.05) is 6.92 Å². The van der Waals surface area contributed by atoms with Crippen molar-refractivity contribution in [3.8, 4) is 6.07 Å². The quantitative estimate of drug-likeness (QED) is 0.746. The number of nitrogens with zero attached hydrogens (tertiary/aromatic N) is 2. The number of esters is 1. The van der Waals surface area contributed by atoms with Crippen LogP contribution < -0.4 is 0 Å². The molecule has 5 nitrogen and oxygen atoms in total. The van der Waals surface area contributed by atoms with Gasteiger partial charge in [-0.05, 0) is 50.8 Å². The molecule has 0 bridgehead atoms. The number of allylic oxidation sites excluding steroid dienone is 3. The average molecular weight is 358 g/mol. The molecule has 1 aromatic heterocycles. The van der Waals surface area contributed by atoms with Gasteiger partial charge in [0, 0.05) is 6.42 Å². The minimum absolute atomic E-state index is 0.236. The van der Waals surface area contributed by atoms with Gasteiger partial charge in [-0.15, -0.1) is 11.3 Å². The predicted molar refractivity (Wildman–Crippen MR) is 95.9 cm³/mol. The number of carbonyl (C=O) groups is 1. The van der Waals surface area contributed by atoms with E-state index in [1.165, 1.54) is 11.3 Å². The van der Waals surface area contributed by atoms with Crippen molar-refractivity contribution in [2.24, 2.45) is 5.92 Å². The molecule has 1 aliphatic heterocycles. The number of aryl methyl sites for hydroxylation is 1. The van der Waals surface area contributed by atoms with Gasteiger partial charge in [0.05, 0.1) is 18.4 Å². The molecule has 3 rings (SSSR count). The summed E-state index contributed by atoms with van der Waals surface area (Å²) < 4.78 is 11.2. The third-order valence-electron chi connectivity index (χ3n) is 4.76. The molecular formula is C19H22N2O3S. The van der Waals surface area contributed by atoms with Crippen LogP contribution in [0.4, 0.5) is 0 Å². The highest BCUT2D eigenvalue weighted by Gasteiger charge is 2.40. The zero-order valence-electron chi connectivity index (χ0n) is 15.0. The topological polar surface area (TPSA) is 72.2 Å². The molecule has 2 aliphatic rings. The molecule has 2 atom stereocenters. The number of nitriles is 1. The molecule has 0 radical (unpaired) electrons. The number of thiazole rings is 1. The Hall–Kier alpha value is -2.13. The summed E-state index contributed by atoms with van der Waals surface area (Å²) in [5, 5.41) is 10.4. The Morgan fingerprint density at radius 3 is 2.96 bits per heavy atom. The fraction of sp³-hybridized carbons (Fsp3) is 0.526. The van der Waals surface area contributed by atoms with Crippen LogP contribution in [0, 0.1) is 24.2 Å². The average Bonchev–Trinajstić information content (AvgIpc) is 3.14. The summed E-state index contributed by atoms with van der Waals surface area (Å²) in [4.78, 5) is 17.1. The lowest BCUT2D eigenvalue weighted by Gasteiger charge is -2.25. The van der Waals surface area contributed by atoms with Crippen molar-refractivity contribution in [3.05, 3.63) is 33.0 Å². The van der Waals surface area contributed by atoms with Crippen LogP contribution in [-0.4, -0.2) is 23.2 Å². The lowest BCUT2D eigenvalue weighted by molar-refractivity contribution is 0.0303. The lowest BCUT2D eigenvalue weighted by Crippen LogP contribution is -2.23. The SMILES string of the molecule is CCOC(=O)c1sc(C2=CC3=C(OC(C)(CC)C3)C(C#N)C2)nc1C. The second-order valence-corrected chi connectivity index (χ2v) is 7.68. The fourth-order valence-electron chi connectivity index (χ4n) is 3.23. The molecule has 25 heavy (non-hydrogen) atoms. The zero-order chi connectivity index (χ0) is 18.2. The highest BCUT2D eigenvalue weighted by Crippen LogP contribution is 2.46. The van der Waals surface area contributed by atoms with Crippen LogP contribution in [0.15, 0.2) is 17.4 Å². The van der Waals surface area contributed by atoms with Crippen molar-refractivity contribution < 1.29 is 14.3 Å². The van der Waals surface area contributed by atoms with Gasteiger partial charge in [0.15, 0.2) is 0 Å². The van der Waals surface area contributed by atoms with Crippen LogP contribution in [0.25, 0.3) is 5.57 Å². The van der Waals surface area contributed by atoms with E-state index >= 15 is 0 Å². The monoisotopic (exact) mass is 358 g/mol. The van der Waals surface area contributed by atoms with Crippen molar-refractivity contribution in [1.82, 2.24) is 4.98 Å². The van der Waals surface area contributed by atoms with Crippen LogP contribution in [0.1, 0.15) is 60.4 Å². The molecule has 0 saturated heterocycles. The van der Waals surface area contributed by atoms with E-state index in [1.54, 1.807) is 6.92 Å². The summed E-state index contributed by atoms with van der Waals surface area (Å²) in [6.07, 6.45) is 4.35. The number of rotatable bonds is 4. The first-order chi connectivity index (χ1) is 11.9. The van der Waals surface area contributed by atoms with Crippen LogP contribution in [0.2, 0.25) is 0 Å². The lowest BCUT2D eigenvalue weighted by atomic mass is 9.87. The number of aromatic nitrogens is 1. The predicted octanol–water partition coefficient (Wildman–Crippen LogP) is 4.40. The third-order valence-corrected chi connectivity index (χ3v) is 5.98. The van der Waals surface area contributed by atoms with Crippen molar-refractivity contribution in [1.29, 1.82) is 5.26 Å². The van der Waals surface area contributed by atoms with E-state index in [9.17, 15) is 10.1 Å². The van der Waals surface area contributed by atoms with Gasteiger partial charge in [0.1, 0.15) is 27.2 Å². The minimum atomic E-state index is -0.334. The maximum absolute atomic E-state index is 12.0. The molecule has 6 heteroatoms. The Labute approximate surface area is 152 Å².